The number of rotatable bonds is 5. The summed E-state index contributed by atoms with van der Waals surface area (Å²) in [6.45, 7) is 1.88. The Balaban J connectivity index is 1.59. The lowest BCUT2D eigenvalue weighted by molar-refractivity contribution is -0.115. The first-order valence-corrected chi connectivity index (χ1v) is 10.1. The van der Waals surface area contributed by atoms with E-state index in [2.05, 4.69) is 15.3 Å². The molecular weight excluding hydrogens is 411 g/mol. The van der Waals surface area contributed by atoms with Crippen molar-refractivity contribution in [3.05, 3.63) is 70.9 Å². The number of halogens is 2. The van der Waals surface area contributed by atoms with Crippen LogP contribution in [0, 0.1) is 12.7 Å². The molecule has 0 bridgehead atoms. The van der Waals surface area contributed by atoms with Crippen molar-refractivity contribution in [2.45, 2.75) is 23.4 Å². The van der Waals surface area contributed by atoms with E-state index in [0.717, 1.165) is 26.8 Å². The van der Waals surface area contributed by atoms with Crippen molar-refractivity contribution < 1.29 is 9.18 Å². The zero-order valence-electron chi connectivity index (χ0n) is 15.8. The Hall–Kier alpha value is -2.77. The Labute approximate surface area is 176 Å². The van der Waals surface area contributed by atoms with E-state index in [9.17, 15) is 9.18 Å². The fourth-order valence-corrected chi connectivity index (χ4v) is 4.22. The third kappa shape index (κ3) is 4.16. The number of benzene rings is 2. The van der Waals surface area contributed by atoms with Crippen LogP contribution in [-0.2, 0) is 18.3 Å². The molecular formula is C21H18ClFN4OS. The van der Waals surface area contributed by atoms with Crippen LogP contribution in [0.3, 0.4) is 0 Å². The number of fused-ring (bicyclic) bond motifs is 1. The molecule has 4 aromatic rings. The standard InChI is InChI=1S/C21H18ClFN4OS/c1-12-15(16-10-14(23)4-5-17(16)25-12)11-20(28)26-18-9-13(22)3-6-19(18)29-21-24-7-8-27(21)2/h3-10,25H,11H2,1-2H3,(H,26,28). The van der Waals surface area contributed by atoms with Crippen LogP contribution < -0.4 is 5.32 Å². The molecule has 0 unspecified atom stereocenters. The van der Waals surface area contributed by atoms with Crippen molar-refractivity contribution in [3.63, 3.8) is 0 Å². The van der Waals surface area contributed by atoms with E-state index in [0.29, 0.717) is 16.1 Å². The van der Waals surface area contributed by atoms with Gasteiger partial charge in [-0.05, 0) is 60.6 Å². The van der Waals surface area contributed by atoms with Crippen LogP contribution in [0.5, 0.6) is 0 Å². The molecule has 0 saturated heterocycles. The molecule has 0 aliphatic carbocycles. The number of H-pyrrole nitrogens is 1. The van der Waals surface area contributed by atoms with Gasteiger partial charge in [0.2, 0.25) is 5.91 Å². The van der Waals surface area contributed by atoms with Gasteiger partial charge in [0.1, 0.15) is 5.82 Å². The molecule has 148 valence electrons. The number of nitrogens with zero attached hydrogens (tertiary/aromatic N) is 2. The largest absolute Gasteiger partial charge is 0.358 e. The average Bonchev–Trinajstić information content (AvgIpc) is 3.20. The zero-order valence-corrected chi connectivity index (χ0v) is 17.4. The summed E-state index contributed by atoms with van der Waals surface area (Å²) >= 11 is 7.59. The second-order valence-electron chi connectivity index (χ2n) is 6.71. The number of hydrogen-bond donors (Lipinski definition) is 2. The van der Waals surface area contributed by atoms with Gasteiger partial charge in [-0.3, -0.25) is 4.79 Å². The fraction of sp³-hybridized carbons (Fsp3) is 0.143. The highest BCUT2D eigenvalue weighted by atomic mass is 35.5. The van der Waals surface area contributed by atoms with Crippen molar-refractivity contribution in [2.75, 3.05) is 5.32 Å². The molecule has 29 heavy (non-hydrogen) atoms. The smallest absolute Gasteiger partial charge is 0.228 e. The van der Waals surface area contributed by atoms with E-state index in [-0.39, 0.29) is 18.1 Å². The molecule has 2 aromatic carbocycles. The predicted molar refractivity (Wildman–Crippen MR) is 114 cm³/mol. The van der Waals surface area contributed by atoms with Crippen molar-refractivity contribution in [2.24, 2.45) is 7.05 Å². The highest BCUT2D eigenvalue weighted by Gasteiger charge is 2.16. The van der Waals surface area contributed by atoms with Crippen LogP contribution in [0.2, 0.25) is 5.02 Å². The molecule has 0 atom stereocenters. The molecule has 0 radical (unpaired) electrons. The Morgan fingerprint density at radius 1 is 1.31 bits per heavy atom. The molecule has 0 spiro atoms. The molecule has 0 fully saturated rings. The minimum Gasteiger partial charge on any atom is -0.358 e. The van der Waals surface area contributed by atoms with Crippen molar-refractivity contribution in [1.29, 1.82) is 0 Å². The van der Waals surface area contributed by atoms with Crippen LogP contribution >= 0.6 is 23.4 Å². The molecule has 0 aliphatic rings. The number of aromatic amines is 1. The summed E-state index contributed by atoms with van der Waals surface area (Å²) < 4.78 is 15.6. The first-order chi connectivity index (χ1) is 13.9. The van der Waals surface area contributed by atoms with Gasteiger partial charge in [-0.15, -0.1) is 0 Å². The van der Waals surface area contributed by atoms with E-state index in [4.69, 9.17) is 11.6 Å². The first kappa shape index (κ1) is 19.5. The van der Waals surface area contributed by atoms with E-state index >= 15 is 0 Å². The van der Waals surface area contributed by atoms with E-state index in [1.165, 1.54) is 23.9 Å². The zero-order chi connectivity index (χ0) is 20.5. The summed E-state index contributed by atoms with van der Waals surface area (Å²) in [5, 5.41) is 4.97. The second-order valence-corrected chi connectivity index (χ2v) is 8.15. The number of hydrogen-bond acceptors (Lipinski definition) is 3. The Kier molecular flexibility index (Phi) is 5.34. The van der Waals surface area contributed by atoms with Gasteiger partial charge in [-0.1, -0.05) is 11.6 Å². The Bertz CT molecular complexity index is 1220. The van der Waals surface area contributed by atoms with E-state index < -0.39 is 0 Å². The van der Waals surface area contributed by atoms with Crippen LogP contribution in [0.1, 0.15) is 11.3 Å². The third-order valence-electron chi connectivity index (χ3n) is 4.61. The number of aromatic nitrogens is 3. The molecule has 2 heterocycles. The summed E-state index contributed by atoms with van der Waals surface area (Å²) in [4.78, 5) is 21.1. The fourth-order valence-electron chi connectivity index (χ4n) is 3.17. The number of imidazole rings is 1. The SMILES string of the molecule is Cc1[nH]c2ccc(F)cc2c1CC(=O)Nc1cc(Cl)ccc1Sc1nccn1C. The summed E-state index contributed by atoms with van der Waals surface area (Å²) in [6, 6.07) is 9.86. The summed E-state index contributed by atoms with van der Waals surface area (Å²) in [5.41, 5.74) is 3.03. The minimum absolute atomic E-state index is 0.119. The monoisotopic (exact) mass is 428 g/mol. The average molecular weight is 429 g/mol. The molecule has 4 rings (SSSR count). The summed E-state index contributed by atoms with van der Waals surface area (Å²) in [6.07, 6.45) is 3.69. The number of carbonyl (C=O) groups excluding carboxylic acids is 1. The van der Waals surface area contributed by atoms with Crippen LogP contribution in [0.25, 0.3) is 10.9 Å². The molecule has 2 aromatic heterocycles. The molecule has 0 saturated carbocycles. The van der Waals surface area contributed by atoms with Gasteiger partial charge in [0, 0.05) is 46.0 Å². The lowest BCUT2D eigenvalue weighted by Gasteiger charge is -2.11. The van der Waals surface area contributed by atoms with Gasteiger partial charge >= 0.3 is 0 Å². The van der Waals surface area contributed by atoms with Crippen LogP contribution in [-0.4, -0.2) is 20.4 Å². The molecule has 1 amide bonds. The second kappa shape index (κ2) is 7.93. The maximum Gasteiger partial charge on any atom is 0.228 e. The number of amides is 1. The highest BCUT2D eigenvalue weighted by molar-refractivity contribution is 7.99. The molecule has 5 nitrogen and oxygen atoms in total. The predicted octanol–water partition coefficient (Wildman–Crippen LogP) is 5.33. The summed E-state index contributed by atoms with van der Waals surface area (Å²) in [5.74, 6) is -0.538. The lowest BCUT2D eigenvalue weighted by atomic mass is 10.1. The van der Waals surface area contributed by atoms with Crippen LogP contribution in [0.15, 0.2) is 58.8 Å². The van der Waals surface area contributed by atoms with Gasteiger partial charge in [0.15, 0.2) is 5.16 Å². The Morgan fingerprint density at radius 3 is 2.90 bits per heavy atom. The quantitative estimate of drug-likeness (QED) is 0.451. The Morgan fingerprint density at radius 2 is 2.14 bits per heavy atom. The number of nitrogens with one attached hydrogen (secondary N) is 2. The maximum absolute atomic E-state index is 13.7. The number of carbonyl (C=O) groups is 1. The summed E-state index contributed by atoms with van der Waals surface area (Å²) in [7, 11) is 1.91. The third-order valence-corrected chi connectivity index (χ3v) is 6.00. The first-order valence-electron chi connectivity index (χ1n) is 8.92. The normalized spacial score (nSPS) is 11.2. The highest BCUT2D eigenvalue weighted by Crippen LogP contribution is 2.34. The van der Waals surface area contributed by atoms with Gasteiger partial charge in [-0.25, -0.2) is 9.37 Å². The van der Waals surface area contributed by atoms with E-state index in [1.54, 1.807) is 24.4 Å². The lowest BCUT2D eigenvalue weighted by Crippen LogP contribution is -2.15. The van der Waals surface area contributed by atoms with Crippen molar-refractivity contribution >= 4 is 45.9 Å². The van der Waals surface area contributed by atoms with Crippen molar-refractivity contribution in [3.8, 4) is 0 Å². The molecule has 0 aliphatic heterocycles. The topological polar surface area (TPSA) is 62.7 Å². The molecule has 8 heteroatoms. The van der Waals surface area contributed by atoms with Crippen LogP contribution in [0.4, 0.5) is 10.1 Å². The maximum atomic E-state index is 13.7. The van der Waals surface area contributed by atoms with Gasteiger partial charge in [0.25, 0.3) is 0 Å². The minimum atomic E-state index is -0.332. The van der Waals surface area contributed by atoms with Gasteiger partial charge in [-0.2, -0.15) is 0 Å². The molecule has 2 N–H and O–H groups in total. The van der Waals surface area contributed by atoms with Gasteiger partial charge in [0.05, 0.1) is 12.1 Å². The number of aryl methyl sites for hydroxylation is 2. The number of anilines is 1. The van der Waals surface area contributed by atoms with E-state index in [1.807, 2.05) is 30.8 Å². The van der Waals surface area contributed by atoms with Gasteiger partial charge < -0.3 is 14.9 Å². The van der Waals surface area contributed by atoms with Crippen molar-refractivity contribution in [1.82, 2.24) is 14.5 Å².